The number of hydrogen-bond donors (Lipinski definition) is 0. The van der Waals surface area contributed by atoms with Crippen LogP contribution in [0.4, 0.5) is 0 Å². The topological polar surface area (TPSA) is 26.3 Å². The standard InChI is InChI=1S/C24H48O2S/c1-3-5-6-7-8-9-10-11-12-13-14-15-16-17-18-19-21-26-24(25)20-23-27-22-4-2/h3-23H2,1-2H3. The third-order valence-electron chi connectivity index (χ3n) is 5.06. The van der Waals surface area contributed by atoms with Crippen LogP contribution in [-0.4, -0.2) is 24.1 Å². The molecule has 0 fully saturated rings. The van der Waals surface area contributed by atoms with E-state index in [4.69, 9.17) is 4.74 Å². The molecule has 0 aromatic heterocycles. The lowest BCUT2D eigenvalue weighted by Gasteiger charge is -2.05. The summed E-state index contributed by atoms with van der Waals surface area (Å²) in [5.74, 6) is 2.04. The van der Waals surface area contributed by atoms with Gasteiger partial charge in [0.05, 0.1) is 13.0 Å². The monoisotopic (exact) mass is 400 g/mol. The zero-order chi connectivity index (χ0) is 19.8. The number of hydrogen-bond acceptors (Lipinski definition) is 3. The Morgan fingerprint density at radius 2 is 1.04 bits per heavy atom. The molecule has 0 spiro atoms. The first-order chi connectivity index (χ1) is 13.3. The van der Waals surface area contributed by atoms with E-state index in [0.29, 0.717) is 13.0 Å². The summed E-state index contributed by atoms with van der Waals surface area (Å²) in [6.45, 7) is 5.07. The van der Waals surface area contributed by atoms with Crippen LogP contribution in [0.25, 0.3) is 0 Å². The highest BCUT2D eigenvalue weighted by molar-refractivity contribution is 7.99. The number of carbonyl (C=O) groups excluding carboxylic acids is 1. The van der Waals surface area contributed by atoms with Crippen LogP contribution in [0.3, 0.4) is 0 Å². The minimum absolute atomic E-state index is 0.0143. The summed E-state index contributed by atoms with van der Waals surface area (Å²) in [6, 6.07) is 0. The summed E-state index contributed by atoms with van der Waals surface area (Å²) in [4.78, 5) is 11.5. The quantitative estimate of drug-likeness (QED) is 0.135. The van der Waals surface area contributed by atoms with Gasteiger partial charge in [-0.15, -0.1) is 0 Å². The van der Waals surface area contributed by atoms with Crippen LogP contribution in [0, 0.1) is 0 Å². The number of unbranched alkanes of at least 4 members (excludes halogenated alkanes) is 15. The molecule has 0 aliphatic carbocycles. The third kappa shape index (κ3) is 23.8. The summed E-state index contributed by atoms with van der Waals surface area (Å²) in [6.07, 6.45) is 23.7. The molecule has 0 amide bonds. The second-order valence-electron chi connectivity index (χ2n) is 7.89. The van der Waals surface area contributed by atoms with Gasteiger partial charge in [0, 0.05) is 5.75 Å². The van der Waals surface area contributed by atoms with Crippen molar-refractivity contribution in [1.82, 2.24) is 0 Å². The minimum Gasteiger partial charge on any atom is -0.466 e. The zero-order valence-electron chi connectivity index (χ0n) is 18.6. The highest BCUT2D eigenvalue weighted by Crippen LogP contribution is 2.13. The molecular formula is C24H48O2S. The zero-order valence-corrected chi connectivity index (χ0v) is 19.4. The van der Waals surface area contributed by atoms with Crippen molar-refractivity contribution in [2.24, 2.45) is 0 Å². The van der Waals surface area contributed by atoms with E-state index in [1.807, 2.05) is 11.8 Å². The summed E-state index contributed by atoms with van der Waals surface area (Å²) < 4.78 is 5.29. The number of rotatable bonds is 22. The van der Waals surface area contributed by atoms with Gasteiger partial charge in [0.15, 0.2) is 0 Å². The lowest BCUT2D eigenvalue weighted by Crippen LogP contribution is -2.07. The normalized spacial score (nSPS) is 11.0. The van der Waals surface area contributed by atoms with Crippen LogP contribution in [0.1, 0.15) is 129 Å². The number of esters is 1. The Morgan fingerprint density at radius 3 is 1.48 bits per heavy atom. The molecule has 0 N–H and O–H groups in total. The lowest BCUT2D eigenvalue weighted by molar-refractivity contribution is -0.143. The largest absolute Gasteiger partial charge is 0.466 e. The van der Waals surface area contributed by atoms with E-state index in [1.54, 1.807) is 0 Å². The fourth-order valence-corrected chi connectivity index (χ4v) is 4.11. The van der Waals surface area contributed by atoms with Crippen molar-refractivity contribution in [2.75, 3.05) is 18.1 Å². The van der Waals surface area contributed by atoms with E-state index in [9.17, 15) is 4.79 Å². The average Bonchev–Trinajstić information content (AvgIpc) is 2.67. The van der Waals surface area contributed by atoms with Gasteiger partial charge >= 0.3 is 5.97 Å². The van der Waals surface area contributed by atoms with Gasteiger partial charge in [-0.25, -0.2) is 0 Å². The summed E-state index contributed by atoms with van der Waals surface area (Å²) in [5.41, 5.74) is 0. The molecule has 162 valence electrons. The highest BCUT2D eigenvalue weighted by atomic mass is 32.2. The van der Waals surface area contributed by atoms with E-state index in [1.165, 1.54) is 103 Å². The minimum atomic E-state index is -0.0143. The van der Waals surface area contributed by atoms with Gasteiger partial charge in [-0.05, 0) is 18.6 Å². The Morgan fingerprint density at radius 1 is 0.593 bits per heavy atom. The Balaban J connectivity index is 3.07. The first-order valence-corrected chi connectivity index (χ1v) is 13.2. The maximum absolute atomic E-state index is 11.5. The Kier molecular flexibility index (Phi) is 23.7. The number of carbonyl (C=O) groups is 1. The van der Waals surface area contributed by atoms with Crippen LogP contribution < -0.4 is 0 Å². The predicted molar refractivity (Wildman–Crippen MR) is 123 cm³/mol. The van der Waals surface area contributed by atoms with Crippen molar-refractivity contribution in [2.45, 2.75) is 129 Å². The molecule has 0 heterocycles. The molecule has 0 radical (unpaired) electrons. The first-order valence-electron chi connectivity index (χ1n) is 12.0. The second kappa shape index (κ2) is 23.9. The summed E-state index contributed by atoms with van der Waals surface area (Å²) in [7, 11) is 0. The average molecular weight is 401 g/mol. The van der Waals surface area contributed by atoms with E-state index in [0.717, 1.165) is 17.9 Å². The van der Waals surface area contributed by atoms with E-state index in [-0.39, 0.29) is 5.97 Å². The number of ether oxygens (including phenoxy) is 1. The van der Waals surface area contributed by atoms with Crippen LogP contribution in [0.2, 0.25) is 0 Å². The molecule has 27 heavy (non-hydrogen) atoms. The van der Waals surface area contributed by atoms with Gasteiger partial charge < -0.3 is 4.74 Å². The van der Waals surface area contributed by atoms with Gasteiger partial charge in [-0.1, -0.05) is 110 Å². The van der Waals surface area contributed by atoms with Crippen molar-refractivity contribution in [3.8, 4) is 0 Å². The molecule has 0 bridgehead atoms. The first kappa shape index (κ1) is 26.8. The molecule has 0 aliphatic heterocycles. The van der Waals surface area contributed by atoms with Crippen molar-refractivity contribution in [1.29, 1.82) is 0 Å². The molecule has 0 rings (SSSR count). The molecule has 0 aliphatic rings. The smallest absolute Gasteiger partial charge is 0.306 e. The van der Waals surface area contributed by atoms with Gasteiger partial charge in [0.1, 0.15) is 0 Å². The Bertz CT molecular complexity index is 294. The van der Waals surface area contributed by atoms with Crippen molar-refractivity contribution in [3.63, 3.8) is 0 Å². The van der Waals surface area contributed by atoms with Gasteiger partial charge in [0.25, 0.3) is 0 Å². The second-order valence-corrected chi connectivity index (χ2v) is 9.11. The molecule has 0 unspecified atom stereocenters. The molecule has 0 saturated heterocycles. The maximum atomic E-state index is 11.5. The SMILES string of the molecule is CCCCCCCCCCCCCCCCCCOC(=O)CCSCCC. The van der Waals surface area contributed by atoms with Crippen LogP contribution >= 0.6 is 11.8 Å². The van der Waals surface area contributed by atoms with Gasteiger partial charge in [-0.2, -0.15) is 11.8 Å². The van der Waals surface area contributed by atoms with E-state index < -0.39 is 0 Å². The molecule has 0 aromatic carbocycles. The molecule has 0 aromatic rings. The lowest BCUT2D eigenvalue weighted by atomic mass is 10.0. The van der Waals surface area contributed by atoms with E-state index in [2.05, 4.69) is 13.8 Å². The molecular weight excluding hydrogens is 352 g/mol. The number of thioether (sulfide) groups is 1. The maximum Gasteiger partial charge on any atom is 0.306 e. The van der Waals surface area contributed by atoms with Gasteiger partial charge in [0.2, 0.25) is 0 Å². The fraction of sp³-hybridized carbons (Fsp3) is 0.958. The van der Waals surface area contributed by atoms with Crippen molar-refractivity contribution < 1.29 is 9.53 Å². The molecule has 0 saturated carbocycles. The Labute approximate surface area is 175 Å². The van der Waals surface area contributed by atoms with Crippen LogP contribution in [-0.2, 0) is 9.53 Å². The van der Waals surface area contributed by atoms with Crippen molar-refractivity contribution in [3.05, 3.63) is 0 Å². The Hall–Kier alpha value is -0.180. The summed E-state index contributed by atoms with van der Waals surface area (Å²) >= 11 is 1.85. The van der Waals surface area contributed by atoms with Gasteiger partial charge in [-0.3, -0.25) is 4.79 Å². The van der Waals surface area contributed by atoms with E-state index >= 15 is 0 Å². The molecule has 2 nitrogen and oxygen atoms in total. The third-order valence-corrected chi connectivity index (χ3v) is 6.25. The van der Waals surface area contributed by atoms with Crippen LogP contribution in [0.5, 0.6) is 0 Å². The fourth-order valence-electron chi connectivity index (χ4n) is 3.31. The summed E-state index contributed by atoms with van der Waals surface area (Å²) in [5, 5.41) is 0. The predicted octanol–water partition coefficient (Wildman–Crippen LogP) is 8.32. The molecule has 0 atom stereocenters. The van der Waals surface area contributed by atoms with Crippen molar-refractivity contribution >= 4 is 17.7 Å². The molecule has 3 heteroatoms. The van der Waals surface area contributed by atoms with Crippen LogP contribution in [0.15, 0.2) is 0 Å². The highest BCUT2D eigenvalue weighted by Gasteiger charge is 2.02.